The third kappa shape index (κ3) is 6.41. The highest BCUT2D eigenvalue weighted by molar-refractivity contribution is 4.68. The third-order valence-electron chi connectivity index (χ3n) is 2.86. The zero-order chi connectivity index (χ0) is 13.1. The molecule has 0 fully saturated rings. The molecule has 0 aliphatic rings. The van der Waals surface area contributed by atoms with E-state index in [4.69, 9.17) is 10.00 Å². The molecule has 0 aliphatic carbocycles. The predicted octanol–water partition coefficient (Wildman–Crippen LogP) is 2.29. The maximum absolute atomic E-state index is 8.46. The molecule has 0 aliphatic heterocycles. The van der Waals surface area contributed by atoms with Gasteiger partial charge < -0.3 is 4.74 Å². The molecular formula is C14H24N3O+. The average Bonchev–Trinajstić information content (AvgIpc) is 2.82. The molecule has 100 valence electrons. The van der Waals surface area contributed by atoms with Crippen molar-refractivity contribution >= 4 is 0 Å². The second kappa shape index (κ2) is 9.67. The van der Waals surface area contributed by atoms with E-state index in [0.29, 0.717) is 6.42 Å². The number of aromatic nitrogens is 2. The first kappa shape index (κ1) is 14.7. The minimum Gasteiger partial charge on any atom is -0.382 e. The van der Waals surface area contributed by atoms with Crippen LogP contribution in [0, 0.1) is 11.3 Å². The Morgan fingerprint density at radius 1 is 1.28 bits per heavy atom. The van der Waals surface area contributed by atoms with E-state index in [-0.39, 0.29) is 0 Å². The van der Waals surface area contributed by atoms with Crippen molar-refractivity contribution in [2.45, 2.75) is 52.1 Å². The Hall–Kier alpha value is -1.34. The number of aryl methyl sites for hydroxylation is 2. The molecular weight excluding hydrogens is 226 g/mol. The molecule has 0 saturated heterocycles. The molecule has 0 saturated carbocycles. The summed E-state index contributed by atoms with van der Waals surface area (Å²) in [5.41, 5.74) is 0. The Morgan fingerprint density at radius 2 is 2.17 bits per heavy atom. The van der Waals surface area contributed by atoms with Crippen LogP contribution in [0.3, 0.4) is 0 Å². The smallest absolute Gasteiger partial charge is 0.243 e. The van der Waals surface area contributed by atoms with Crippen molar-refractivity contribution in [1.29, 1.82) is 5.26 Å². The summed E-state index contributed by atoms with van der Waals surface area (Å²) in [5.74, 6) is 0. The van der Waals surface area contributed by atoms with Gasteiger partial charge in [-0.2, -0.15) is 5.26 Å². The van der Waals surface area contributed by atoms with Crippen LogP contribution in [0.2, 0.25) is 0 Å². The fourth-order valence-corrected chi connectivity index (χ4v) is 1.84. The number of nitrogens with zero attached hydrogens (tertiary/aromatic N) is 3. The highest BCUT2D eigenvalue weighted by Crippen LogP contribution is 1.97. The quantitative estimate of drug-likeness (QED) is 0.472. The van der Waals surface area contributed by atoms with Crippen LogP contribution in [0.25, 0.3) is 0 Å². The molecule has 0 bridgehead atoms. The van der Waals surface area contributed by atoms with Crippen LogP contribution < -0.4 is 4.57 Å². The van der Waals surface area contributed by atoms with Crippen molar-refractivity contribution in [3.05, 3.63) is 18.7 Å². The molecule has 0 spiro atoms. The Balaban J connectivity index is 2.12. The molecule has 1 heterocycles. The van der Waals surface area contributed by atoms with Crippen molar-refractivity contribution in [2.75, 3.05) is 13.2 Å². The molecule has 0 radical (unpaired) electrons. The largest absolute Gasteiger partial charge is 0.382 e. The molecule has 0 atom stereocenters. The van der Waals surface area contributed by atoms with Gasteiger partial charge in [0.25, 0.3) is 0 Å². The molecule has 0 aromatic carbocycles. The second-order valence-corrected chi connectivity index (χ2v) is 4.41. The first-order valence-corrected chi connectivity index (χ1v) is 6.86. The second-order valence-electron chi connectivity index (χ2n) is 4.41. The average molecular weight is 250 g/mol. The van der Waals surface area contributed by atoms with Crippen LogP contribution >= 0.6 is 0 Å². The normalized spacial score (nSPS) is 10.4. The van der Waals surface area contributed by atoms with Gasteiger partial charge >= 0.3 is 0 Å². The number of ether oxygens (including phenoxy) is 1. The van der Waals surface area contributed by atoms with Gasteiger partial charge in [-0.15, -0.1) is 0 Å². The summed E-state index contributed by atoms with van der Waals surface area (Å²) in [5, 5.41) is 8.46. The summed E-state index contributed by atoms with van der Waals surface area (Å²) in [4.78, 5) is 0. The summed E-state index contributed by atoms with van der Waals surface area (Å²) >= 11 is 0. The van der Waals surface area contributed by atoms with Gasteiger partial charge in [-0.1, -0.05) is 0 Å². The fraction of sp³-hybridized carbons (Fsp3) is 0.714. The summed E-state index contributed by atoms with van der Waals surface area (Å²) in [6.07, 6.45) is 11.4. The van der Waals surface area contributed by atoms with E-state index in [9.17, 15) is 0 Å². The monoisotopic (exact) mass is 250 g/mol. The molecule has 4 nitrogen and oxygen atoms in total. The molecule has 18 heavy (non-hydrogen) atoms. The summed E-state index contributed by atoms with van der Waals surface area (Å²) in [6.45, 7) is 5.77. The van der Waals surface area contributed by atoms with Crippen LogP contribution in [0.5, 0.6) is 0 Å². The van der Waals surface area contributed by atoms with Gasteiger partial charge in [-0.05, 0) is 32.6 Å². The Morgan fingerprint density at radius 3 is 2.94 bits per heavy atom. The lowest BCUT2D eigenvalue weighted by atomic mass is 10.2. The zero-order valence-electron chi connectivity index (χ0n) is 11.3. The van der Waals surface area contributed by atoms with Crippen LogP contribution in [0.4, 0.5) is 0 Å². The van der Waals surface area contributed by atoms with Crippen LogP contribution in [-0.2, 0) is 17.8 Å². The number of nitriles is 1. The Bertz CT molecular complexity index is 354. The van der Waals surface area contributed by atoms with E-state index in [1.54, 1.807) is 0 Å². The minimum absolute atomic E-state index is 0.665. The first-order chi connectivity index (χ1) is 8.86. The topological polar surface area (TPSA) is 41.8 Å². The fourth-order valence-electron chi connectivity index (χ4n) is 1.84. The van der Waals surface area contributed by atoms with Crippen LogP contribution in [0.1, 0.15) is 39.0 Å². The SMILES string of the molecule is CCOCCCCn1cc[n+](CCCCC#N)c1. The van der Waals surface area contributed by atoms with Gasteiger partial charge in [-0.25, -0.2) is 9.13 Å². The van der Waals surface area contributed by atoms with Crippen molar-refractivity contribution in [3.63, 3.8) is 0 Å². The maximum Gasteiger partial charge on any atom is 0.243 e. The molecule has 1 aromatic heterocycles. The predicted molar refractivity (Wildman–Crippen MR) is 69.8 cm³/mol. The van der Waals surface area contributed by atoms with E-state index in [1.807, 2.05) is 6.92 Å². The third-order valence-corrected chi connectivity index (χ3v) is 2.86. The number of hydrogen-bond donors (Lipinski definition) is 0. The van der Waals surface area contributed by atoms with Gasteiger partial charge in [-0.3, -0.25) is 0 Å². The van der Waals surface area contributed by atoms with Crippen LogP contribution in [-0.4, -0.2) is 17.8 Å². The van der Waals surface area contributed by atoms with Gasteiger partial charge in [0.15, 0.2) is 0 Å². The molecule has 0 N–H and O–H groups in total. The Labute approximate surface area is 110 Å². The van der Waals surface area contributed by atoms with Gasteiger partial charge in [0.05, 0.1) is 19.2 Å². The summed E-state index contributed by atoms with van der Waals surface area (Å²) < 4.78 is 9.72. The van der Waals surface area contributed by atoms with Gasteiger partial charge in [0, 0.05) is 19.6 Å². The van der Waals surface area contributed by atoms with E-state index in [1.165, 1.54) is 0 Å². The zero-order valence-corrected chi connectivity index (χ0v) is 11.3. The molecule has 0 unspecified atom stereocenters. The lowest BCUT2D eigenvalue weighted by Crippen LogP contribution is -2.30. The van der Waals surface area contributed by atoms with E-state index < -0.39 is 0 Å². The van der Waals surface area contributed by atoms with Crippen molar-refractivity contribution in [1.82, 2.24) is 4.57 Å². The highest BCUT2D eigenvalue weighted by Gasteiger charge is 2.03. The first-order valence-electron chi connectivity index (χ1n) is 6.86. The van der Waals surface area contributed by atoms with E-state index >= 15 is 0 Å². The lowest BCUT2D eigenvalue weighted by Gasteiger charge is -1.99. The summed E-state index contributed by atoms with van der Waals surface area (Å²) in [6, 6.07) is 2.18. The molecule has 0 amide bonds. The Kier molecular flexibility index (Phi) is 7.90. The highest BCUT2D eigenvalue weighted by atomic mass is 16.5. The van der Waals surface area contributed by atoms with Gasteiger partial charge in [0.1, 0.15) is 12.4 Å². The van der Waals surface area contributed by atoms with Crippen molar-refractivity contribution in [3.8, 4) is 6.07 Å². The van der Waals surface area contributed by atoms with Crippen molar-refractivity contribution < 1.29 is 9.30 Å². The van der Waals surface area contributed by atoms with E-state index in [2.05, 4.69) is 33.9 Å². The van der Waals surface area contributed by atoms with Gasteiger partial charge in [0.2, 0.25) is 6.33 Å². The standard InChI is InChI=1S/C14H24N3O/c1-2-18-13-7-6-10-17-12-11-16(14-17)9-5-3-4-8-15/h11-12,14H,2-7,9-10,13H2,1H3/q+1. The number of hydrogen-bond acceptors (Lipinski definition) is 2. The molecule has 1 rings (SSSR count). The molecule has 4 heteroatoms. The summed E-state index contributed by atoms with van der Waals surface area (Å²) in [7, 11) is 0. The maximum atomic E-state index is 8.46. The van der Waals surface area contributed by atoms with E-state index in [0.717, 1.165) is 52.0 Å². The number of unbranched alkanes of at least 4 members (excludes halogenated alkanes) is 3. The number of imidazole rings is 1. The minimum atomic E-state index is 0.665. The number of rotatable bonds is 10. The van der Waals surface area contributed by atoms with Crippen molar-refractivity contribution in [2.24, 2.45) is 0 Å². The lowest BCUT2D eigenvalue weighted by molar-refractivity contribution is -0.696. The van der Waals surface area contributed by atoms with Crippen LogP contribution in [0.15, 0.2) is 18.7 Å². The molecule has 1 aromatic rings.